The van der Waals surface area contributed by atoms with E-state index in [1.807, 2.05) is 36.4 Å². The molecule has 170 valence electrons. The summed E-state index contributed by atoms with van der Waals surface area (Å²) in [6.07, 6.45) is 0.0149. The number of carbonyl (C=O) groups is 5. The maximum absolute atomic E-state index is 12.8. The lowest BCUT2D eigenvalue weighted by molar-refractivity contribution is -0.132. The Hall–Kier alpha value is -4.59. The van der Waals surface area contributed by atoms with Crippen molar-refractivity contribution in [2.24, 2.45) is 0 Å². The molecule has 0 atom stereocenters. The molecule has 8 heteroatoms. The molecule has 1 heterocycles. The van der Waals surface area contributed by atoms with Crippen molar-refractivity contribution in [2.75, 3.05) is 6.61 Å². The van der Waals surface area contributed by atoms with Crippen LogP contribution < -0.4 is 5.32 Å². The molecule has 0 unspecified atom stereocenters. The van der Waals surface area contributed by atoms with Crippen LogP contribution in [-0.2, 0) is 27.3 Å². The van der Waals surface area contributed by atoms with Gasteiger partial charge in [-0.2, -0.15) is 0 Å². The number of hydrogen-bond donors (Lipinski definition) is 1. The lowest BCUT2D eigenvalue weighted by Crippen LogP contribution is -2.35. The van der Waals surface area contributed by atoms with Crippen LogP contribution in [0.2, 0.25) is 0 Å². The summed E-state index contributed by atoms with van der Waals surface area (Å²) < 4.78 is 4.97. The van der Waals surface area contributed by atoms with E-state index in [9.17, 15) is 24.0 Å². The predicted octanol–water partition coefficient (Wildman–Crippen LogP) is 2.53. The highest BCUT2D eigenvalue weighted by molar-refractivity contribution is 6.21. The Balaban J connectivity index is 1.34. The highest BCUT2D eigenvalue weighted by atomic mass is 16.5. The molecule has 0 aliphatic carbocycles. The molecule has 1 aliphatic heterocycles. The van der Waals surface area contributed by atoms with Crippen LogP contribution in [0.15, 0.2) is 78.9 Å². The Morgan fingerprint density at radius 3 is 2.03 bits per heavy atom. The molecule has 1 aliphatic rings. The number of hydrogen-bond acceptors (Lipinski definition) is 6. The Labute approximate surface area is 195 Å². The summed E-state index contributed by atoms with van der Waals surface area (Å²) in [6.45, 7) is -0.548. The zero-order valence-corrected chi connectivity index (χ0v) is 18.0. The number of esters is 1. The van der Waals surface area contributed by atoms with Gasteiger partial charge in [0.15, 0.2) is 6.61 Å². The van der Waals surface area contributed by atoms with E-state index in [0.29, 0.717) is 0 Å². The van der Waals surface area contributed by atoms with E-state index in [1.165, 1.54) is 18.2 Å². The summed E-state index contributed by atoms with van der Waals surface area (Å²) in [4.78, 5) is 62.8. The molecule has 4 amide bonds. The van der Waals surface area contributed by atoms with Crippen LogP contribution in [0.3, 0.4) is 0 Å². The molecule has 4 rings (SSSR count). The number of rotatable bonds is 7. The van der Waals surface area contributed by atoms with Gasteiger partial charge >= 0.3 is 5.97 Å². The SMILES string of the molecule is O=C(COC(=O)c1ccc2c(c1)C(=O)N(Cc1ccccc1)C2=O)NC(=O)Cc1ccccc1. The normalized spacial score (nSPS) is 12.3. The first-order valence-electron chi connectivity index (χ1n) is 10.5. The second-order valence-corrected chi connectivity index (χ2v) is 7.65. The lowest BCUT2D eigenvalue weighted by Gasteiger charge is -2.13. The monoisotopic (exact) mass is 456 g/mol. The fourth-order valence-electron chi connectivity index (χ4n) is 3.56. The Morgan fingerprint density at radius 2 is 1.35 bits per heavy atom. The zero-order valence-electron chi connectivity index (χ0n) is 18.0. The van der Waals surface area contributed by atoms with Crippen molar-refractivity contribution in [1.82, 2.24) is 10.2 Å². The number of amides is 4. The number of nitrogens with zero attached hydrogens (tertiary/aromatic N) is 1. The average Bonchev–Trinajstić information content (AvgIpc) is 3.08. The standard InChI is InChI=1S/C26H20N2O6/c29-22(13-17-7-3-1-4-8-17)27-23(30)16-34-26(33)19-11-12-20-21(14-19)25(32)28(24(20)31)15-18-9-5-2-6-10-18/h1-12,14H,13,15-16H2,(H,27,29,30). The minimum absolute atomic E-state index is 0.0149. The van der Waals surface area contributed by atoms with Gasteiger partial charge in [-0.05, 0) is 29.3 Å². The molecule has 1 N–H and O–H groups in total. The smallest absolute Gasteiger partial charge is 0.338 e. The molecule has 0 saturated carbocycles. The van der Waals surface area contributed by atoms with Crippen LogP contribution in [0.1, 0.15) is 42.2 Å². The Kier molecular flexibility index (Phi) is 6.59. The van der Waals surface area contributed by atoms with E-state index < -0.39 is 36.2 Å². The van der Waals surface area contributed by atoms with E-state index in [2.05, 4.69) is 5.32 Å². The summed E-state index contributed by atoms with van der Waals surface area (Å²) in [5.41, 5.74) is 1.84. The van der Waals surface area contributed by atoms with Crippen LogP contribution >= 0.6 is 0 Å². The topological polar surface area (TPSA) is 110 Å². The summed E-state index contributed by atoms with van der Waals surface area (Å²) in [5, 5.41) is 2.16. The first-order valence-corrected chi connectivity index (χ1v) is 10.5. The first-order chi connectivity index (χ1) is 16.4. The number of imide groups is 2. The van der Waals surface area contributed by atoms with Crippen molar-refractivity contribution in [3.05, 3.63) is 107 Å². The van der Waals surface area contributed by atoms with Crippen molar-refractivity contribution in [1.29, 1.82) is 0 Å². The summed E-state index contributed by atoms with van der Waals surface area (Å²) in [7, 11) is 0. The first kappa shape index (κ1) is 22.6. The highest BCUT2D eigenvalue weighted by Crippen LogP contribution is 2.26. The van der Waals surface area contributed by atoms with Crippen molar-refractivity contribution in [2.45, 2.75) is 13.0 Å². The third kappa shape index (κ3) is 5.07. The summed E-state index contributed by atoms with van der Waals surface area (Å²) in [5.74, 6) is -3.10. The Morgan fingerprint density at radius 1 is 0.735 bits per heavy atom. The van der Waals surface area contributed by atoms with Crippen LogP contribution in [0, 0.1) is 0 Å². The summed E-state index contributed by atoms with van der Waals surface area (Å²) in [6, 6.07) is 22.0. The summed E-state index contributed by atoms with van der Waals surface area (Å²) >= 11 is 0. The molecule has 0 spiro atoms. The van der Waals surface area contributed by atoms with E-state index >= 15 is 0 Å². The number of ether oxygens (including phenoxy) is 1. The van der Waals surface area contributed by atoms with Crippen molar-refractivity contribution >= 4 is 29.6 Å². The lowest BCUT2D eigenvalue weighted by atomic mass is 10.1. The average molecular weight is 456 g/mol. The molecule has 8 nitrogen and oxygen atoms in total. The largest absolute Gasteiger partial charge is 0.452 e. The van der Waals surface area contributed by atoms with E-state index in [1.54, 1.807) is 24.3 Å². The molecule has 0 saturated heterocycles. The fraction of sp³-hybridized carbons (Fsp3) is 0.115. The maximum Gasteiger partial charge on any atom is 0.338 e. The number of nitrogens with one attached hydrogen (secondary N) is 1. The molecule has 34 heavy (non-hydrogen) atoms. The molecular formula is C26H20N2O6. The second kappa shape index (κ2) is 9.91. The van der Waals surface area contributed by atoms with Gasteiger partial charge in [-0.1, -0.05) is 60.7 Å². The van der Waals surface area contributed by atoms with Gasteiger partial charge in [-0.3, -0.25) is 29.4 Å². The van der Waals surface area contributed by atoms with E-state index in [4.69, 9.17) is 4.74 Å². The molecule has 0 bridgehead atoms. The molecule has 3 aromatic carbocycles. The fourth-order valence-corrected chi connectivity index (χ4v) is 3.56. The number of benzene rings is 3. The van der Waals surface area contributed by atoms with Gasteiger partial charge in [-0.15, -0.1) is 0 Å². The van der Waals surface area contributed by atoms with Gasteiger partial charge in [0.2, 0.25) is 5.91 Å². The number of carbonyl (C=O) groups excluding carboxylic acids is 5. The van der Waals surface area contributed by atoms with Crippen LogP contribution in [-0.4, -0.2) is 41.1 Å². The van der Waals surface area contributed by atoms with Gasteiger partial charge in [0.25, 0.3) is 17.7 Å². The van der Waals surface area contributed by atoms with E-state index in [0.717, 1.165) is 16.0 Å². The highest BCUT2D eigenvalue weighted by Gasteiger charge is 2.36. The van der Waals surface area contributed by atoms with Crippen LogP contribution in [0.25, 0.3) is 0 Å². The van der Waals surface area contributed by atoms with Crippen LogP contribution in [0.5, 0.6) is 0 Å². The van der Waals surface area contributed by atoms with Gasteiger partial charge in [0.1, 0.15) is 0 Å². The van der Waals surface area contributed by atoms with Crippen molar-refractivity contribution < 1.29 is 28.7 Å². The molecule has 0 fully saturated rings. The van der Waals surface area contributed by atoms with Crippen LogP contribution in [0.4, 0.5) is 0 Å². The molecule has 0 radical (unpaired) electrons. The minimum atomic E-state index is -0.852. The van der Waals surface area contributed by atoms with Gasteiger partial charge in [0.05, 0.1) is 29.7 Å². The second-order valence-electron chi connectivity index (χ2n) is 7.65. The Bertz CT molecular complexity index is 1270. The van der Waals surface area contributed by atoms with Gasteiger partial charge in [-0.25, -0.2) is 4.79 Å². The van der Waals surface area contributed by atoms with Gasteiger partial charge in [0, 0.05) is 0 Å². The van der Waals surface area contributed by atoms with E-state index in [-0.39, 0.29) is 29.7 Å². The van der Waals surface area contributed by atoms with Crippen molar-refractivity contribution in [3.8, 4) is 0 Å². The third-order valence-corrected chi connectivity index (χ3v) is 5.21. The number of fused-ring (bicyclic) bond motifs is 1. The van der Waals surface area contributed by atoms with Gasteiger partial charge < -0.3 is 4.74 Å². The third-order valence-electron chi connectivity index (χ3n) is 5.21. The molecule has 3 aromatic rings. The predicted molar refractivity (Wildman–Crippen MR) is 121 cm³/mol. The maximum atomic E-state index is 12.8. The molecule has 0 aromatic heterocycles. The zero-order chi connectivity index (χ0) is 24.1. The minimum Gasteiger partial charge on any atom is -0.452 e. The molecular weight excluding hydrogens is 436 g/mol. The van der Waals surface area contributed by atoms with Crippen molar-refractivity contribution in [3.63, 3.8) is 0 Å². The quantitative estimate of drug-likeness (QED) is 0.432.